The minimum Gasteiger partial charge on any atom is -0.375 e. The van der Waals surface area contributed by atoms with Crippen LogP contribution in [0.1, 0.15) is 46.5 Å². The van der Waals surface area contributed by atoms with Gasteiger partial charge in [0.2, 0.25) is 5.91 Å². The van der Waals surface area contributed by atoms with Crippen molar-refractivity contribution in [3.8, 4) is 0 Å². The molecule has 1 aliphatic rings. The molecule has 0 aromatic carbocycles. The third kappa shape index (κ3) is 3.68. The van der Waals surface area contributed by atoms with E-state index in [9.17, 15) is 4.79 Å². The summed E-state index contributed by atoms with van der Waals surface area (Å²) in [7, 11) is 1.67. The van der Waals surface area contributed by atoms with Crippen molar-refractivity contribution in [3.63, 3.8) is 0 Å². The Bertz CT molecular complexity index is 252. The van der Waals surface area contributed by atoms with Crippen LogP contribution in [-0.4, -0.2) is 37.2 Å². The van der Waals surface area contributed by atoms with E-state index in [1.54, 1.807) is 7.05 Å². The van der Waals surface area contributed by atoms with Crippen molar-refractivity contribution in [2.24, 2.45) is 0 Å². The highest BCUT2D eigenvalue weighted by molar-refractivity contribution is 5.80. The lowest BCUT2D eigenvalue weighted by atomic mass is 9.85. The van der Waals surface area contributed by atoms with Crippen LogP contribution in [0, 0.1) is 0 Å². The first-order chi connectivity index (χ1) is 8.06. The molecule has 2 unspecified atom stereocenters. The zero-order valence-corrected chi connectivity index (χ0v) is 11.5. The summed E-state index contributed by atoms with van der Waals surface area (Å²) in [6, 6.07) is 0.255. The lowest BCUT2D eigenvalue weighted by Gasteiger charge is -2.41. The van der Waals surface area contributed by atoms with Crippen LogP contribution >= 0.6 is 0 Å². The molecule has 2 atom stereocenters. The van der Waals surface area contributed by atoms with E-state index in [-0.39, 0.29) is 17.6 Å². The minimum atomic E-state index is -0.130. The van der Waals surface area contributed by atoms with Crippen LogP contribution in [0.4, 0.5) is 0 Å². The van der Waals surface area contributed by atoms with Gasteiger partial charge in [0, 0.05) is 19.7 Å². The first kappa shape index (κ1) is 14.5. The molecular weight excluding hydrogens is 216 g/mol. The van der Waals surface area contributed by atoms with Gasteiger partial charge < -0.3 is 15.4 Å². The summed E-state index contributed by atoms with van der Waals surface area (Å²) in [6.07, 6.45) is 4.07. The van der Waals surface area contributed by atoms with Gasteiger partial charge in [0.1, 0.15) is 0 Å². The number of ether oxygens (including phenoxy) is 1. The lowest BCUT2D eigenvalue weighted by molar-refractivity contribution is -0.124. The van der Waals surface area contributed by atoms with Crippen molar-refractivity contribution < 1.29 is 9.53 Å². The molecular formula is C13H26N2O2. The zero-order chi connectivity index (χ0) is 12.9. The Morgan fingerprint density at radius 1 is 1.47 bits per heavy atom. The molecule has 17 heavy (non-hydrogen) atoms. The molecule has 1 heterocycles. The number of nitrogens with one attached hydrogen (secondary N) is 2. The molecule has 4 nitrogen and oxygen atoms in total. The van der Waals surface area contributed by atoms with Gasteiger partial charge in [0.15, 0.2) is 0 Å². The van der Waals surface area contributed by atoms with E-state index in [1.807, 2.05) is 6.92 Å². The second kappa shape index (κ2) is 6.36. The third-order valence-electron chi connectivity index (χ3n) is 3.91. The number of carbonyl (C=O) groups is 1. The third-order valence-corrected chi connectivity index (χ3v) is 3.91. The monoisotopic (exact) mass is 242 g/mol. The highest BCUT2D eigenvalue weighted by Crippen LogP contribution is 2.31. The first-order valence-electron chi connectivity index (χ1n) is 6.68. The van der Waals surface area contributed by atoms with E-state index in [1.165, 1.54) is 0 Å². The number of likely N-dealkylation sites (N-methyl/N-ethyl adjacent to an activating group) is 1. The Hall–Kier alpha value is -0.610. The standard InChI is InChI=1S/C13H26N2O2/c1-5-13(6-2)9-11(7-8-17-13)15-10(3)12(16)14-4/h10-11,15H,5-9H2,1-4H3,(H,14,16). The van der Waals surface area contributed by atoms with Crippen molar-refractivity contribution in [2.45, 2.75) is 64.1 Å². The fraction of sp³-hybridized carbons (Fsp3) is 0.923. The maximum absolute atomic E-state index is 11.5. The predicted octanol–water partition coefficient (Wildman–Crippen LogP) is 1.45. The number of hydrogen-bond acceptors (Lipinski definition) is 3. The van der Waals surface area contributed by atoms with Crippen LogP contribution in [-0.2, 0) is 9.53 Å². The van der Waals surface area contributed by atoms with Gasteiger partial charge in [-0.3, -0.25) is 4.79 Å². The summed E-state index contributed by atoms with van der Waals surface area (Å²) in [5, 5.41) is 6.07. The van der Waals surface area contributed by atoms with Crippen molar-refractivity contribution >= 4 is 5.91 Å². The molecule has 1 saturated heterocycles. The molecule has 2 N–H and O–H groups in total. The number of rotatable bonds is 5. The SMILES string of the molecule is CCC1(CC)CC(NC(C)C(=O)NC)CCO1. The Balaban J connectivity index is 2.52. The quantitative estimate of drug-likeness (QED) is 0.767. The van der Waals surface area contributed by atoms with Crippen LogP contribution < -0.4 is 10.6 Å². The highest BCUT2D eigenvalue weighted by atomic mass is 16.5. The highest BCUT2D eigenvalue weighted by Gasteiger charge is 2.35. The van der Waals surface area contributed by atoms with E-state index < -0.39 is 0 Å². The first-order valence-corrected chi connectivity index (χ1v) is 6.68. The lowest BCUT2D eigenvalue weighted by Crippen LogP contribution is -2.52. The van der Waals surface area contributed by atoms with E-state index in [4.69, 9.17) is 4.74 Å². The molecule has 1 fully saturated rings. The maximum atomic E-state index is 11.5. The molecule has 1 rings (SSSR count). The fourth-order valence-electron chi connectivity index (χ4n) is 2.56. The number of carbonyl (C=O) groups excluding carboxylic acids is 1. The molecule has 0 aliphatic carbocycles. The van der Waals surface area contributed by atoms with Crippen LogP contribution in [0.15, 0.2) is 0 Å². The molecule has 0 aromatic rings. The zero-order valence-electron chi connectivity index (χ0n) is 11.5. The van der Waals surface area contributed by atoms with E-state index >= 15 is 0 Å². The Morgan fingerprint density at radius 3 is 2.65 bits per heavy atom. The molecule has 0 bridgehead atoms. The number of hydrogen-bond donors (Lipinski definition) is 2. The van der Waals surface area contributed by atoms with E-state index in [0.29, 0.717) is 6.04 Å². The normalized spacial score (nSPS) is 25.3. The average Bonchev–Trinajstić information content (AvgIpc) is 2.37. The van der Waals surface area contributed by atoms with Crippen LogP contribution in [0.5, 0.6) is 0 Å². The number of amides is 1. The van der Waals surface area contributed by atoms with Crippen molar-refractivity contribution in [2.75, 3.05) is 13.7 Å². The topological polar surface area (TPSA) is 50.4 Å². The smallest absolute Gasteiger partial charge is 0.236 e. The van der Waals surface area contributed by atoms with Gasteiger partial charge in [-0.1, -0.05) is 13.8 Å². The molecule has 1 amide bonds. The van der Waals surface area contributed by atoms with Gasteiger partial charge in [0.25, 0.3) is 0 Å². The van der Waals surface area contributed by atoms with Crippen LogP contribution in [0.25, 0.3) is 0 Å². The molecule has 0 spiro atoms. The molecule has 0 radical (unpaired) electrons. The minimum absolute atomic E-state index is 0.0122. The van der Waals surface area contributed by atoms with Crippen molar-refractivity contribution in [3.05, 3.63) is 0 Å². The van der Waals surface area contributed by atoms with E-state index in [2.05, 4.69) is 24.5 Å². The second-order valence-corrected chi connectivity index (χ2v) is 4.93. The van der Waals surface area contributed by atoms with Crippen molar-refractivity contribution in [1.29, 1.82) is 0 Å². The van der Waals surface area contributed by atoms with Gasteiger partial charge in [0.05, 0.1) is 11.6 Å². The van der Waals surface area contributed by atoms with Gasteiger partial charge in [-0.2, -0.15) is 0 Å². The van der Waals surface area contributed by atoms with Gasteiger partial charge in [-0.05, 0) is 32.6 Å². The summed E-state index contributed by atoms with van der Waals surface area (Å²) in [5.41, 5.74) is 0.0122. The fourth-order valence-corrected chi connectivity index (χ4v) is 2.56. The summed E-state index contributed by atoms with van der Waals surface area (Å²) in [4.78, 5) is 11.5. The predicted molar refractivity (Wildman–Crippen MR) is 69.0 cm³/mol. The van der Waals surface area contributed by atoms with Crippen LogP contribution in [0.2, 0.25) is 0 Å². The van der Waals surface area contributed by atoms with E-state index in [0.717, 1.165) is 32.3 Å². The summed E-state index contributed by atoms with van der Waals surface area (Å²) >= 11 is 0. The molecule has 0 saturated carbocycles. The average molecular weight is 242 g/mol. The van der Waals surface area contributed by atoms with Crippen molar-refractivity contribution in [1.82, 2.24) is 10.6 Å². The Morgan fingerprint density at radius 2 is 2.12 bits per heavy atom. The summed E-state index contributed by atoms with van der Waals surface area (Å²) in [6.45, 7) is 7.05. The summed E-state index contributed by atoms with van der Waals surface area (Å²) in [5.74, 6) is 0.0510. The maximum Gasteiger partial charge on any atom is 0.236 e. The second-order valence-electron chi connectivity index (χ2n) is 4.93. The molecule has 4 heteroatoms. The largest absolute Gasteiger partial charge is 0.375 e. The molecule has 100 valence electrons. The Labute approximate surface area is 104 Å². The molecule has 0 aromatic heterocycles. The van der Waals surface area contributed by atoms with Crippen LogP contribution in [0.3, 0.4) is 0 Å². The van der Waals surface area contributed by atoms with Gasteiger partial charge in [-0.15, -0.1) is 0 Å². The van der Waals surface area contributed by atoms with Gasteiger partial charge >= 0.3 is 0 Å². The molecule has 1 aliphatic heterocycles. The Kier molecular flexibility index (Phi) is 5.40. The summed E-state index contributed by atoms with van der Waals surface area (Å²) < 4.78 is 5.92. The van der Waals surface area contributed by atoms with Gasteiger partial charge in [-0.25, -0.2) is 0 Å².